The van der Waals surface area contributed by atoms with Crippen molar-refractivity contribution in [1.82, 2.24) is 5.32 Å². The number of ether oxygens (including phenoxy) is 10. The predicted octanol–water partition coefficient (Wildman–Crippen LogP) is 2.85. The molecule has 0 aromatic rings. The van der Waals surface area contributed by atoms with Crippen LogP contribution in [0.25, 0.3) is 0 Å². The molecule has 0 aromatic heterocycles. The van der Waals surface area contributed by atoms with E-state index in [1.54, 1.807) is 0 Å². The molecule has 15 heteroatoms. The fourth-order valence-electron chi connectivity index (χ4n) is 4.08. The van der Waals surface area contributed by atoms with Gasteiger partial charge >= 0.3 is 14.5 Å². The molecule has 1 N–H and O–H groups in total. The maximum Gasteiger partial charge on any atom is 0.334 e. The molecule has 0 heterocycles. The Kier molecular flexibility index (Phi) is 36.8. The van der Waals surface area contributed by atoms with Crippen molar-refractivity contribution in [2.24, 2.45) is 5.92 Å². The Morgan fingerprint density at radius 2 is 0.875 bits per heavy atom. The van der Waals surface area contributed by atoms with Crippen molar-refractivity contribution >= 4 is 14.5 Å². The van der Waals surface area contributed by atoms with Crippen LogP contribution in [0.15, 0.2) is 0 Å². The average Bonchev–Trinajstić information content (AvgIpc) is 3.07. The highest BCUT2D eigenvalue weighted by Gasteiger charge is 2.29. The molecule has 0 bridgehead atoms. The minimum Gasteiger partial charge on any atom is -0.463 e. The van der Waals surface area contributed by atoms with Crippen LogP contribution in [0, 0.1) is 5.92 Å². The zero-order valence-corrected chi connectivity index (χ0v) is 31.8. The molecule has 0 rings (SSSR count). The van der Waals surface area contributed by atoms with Crippen LogP contribution in [0.3, 0.4) is 0 Å². The lowest BCUT2D eigenvalue weighted by Crippen LogP contribution is -2.39. The second-order valence-electron chi connectivity index (χ2n) is 10.9. The average molecular weight is 716 g/mol. The van der Waals surface area contributed by atoms with Crippen LogP contribution in [-0.2, 0) is 61.0 Å². The van der Waals surface area contributed by atoms with Gasteiger partial charge in [-0.2, -0.15) is 0 Å². The first kappa shape index (κ1) is 47.2. The van der Waals surface area contributed by atoms with E-state index >= 15 is 0 Å². The second kappa shape index (κ2) is 37.5. The zero-order valence-electron chi connectivity index (χ0n) is 30.8. The van der Waals surface area contributed by atoms with Crippen molar-refractivity contribution in [3.05, 3.63) is 0 Å². The molecule has 0 spiro atoms. The molecular formula is C33H69NO13Si. The van der Waals surface area contributed by atoms with Crippen molar-refractivity contribution in [3.63, 3.8) is 0 Å². The summed E-state index contributed by atoms with van der Waals surface area (Å²) >= 11 is 0. The predicted molar refractivity (Wildman–Crippen MR) is 185 cm³/mol. The smallest absolute Gasteiger partial charge is 0.334 e. The number of carbonyl (C=O) groups excluding carboxylic acids is 1. The van der Waals surface area contributed by atoms with E-state index in [0.29, 0.717) is 132 Å². The number of hydrogen-bond acceptors (Lipinski definition) is 14. The Labute approximate surface area is 291 Å². The summed E-state index contributed by atoms with van der Waals surface area (Å²) in [5.74, 6) is -0.460. The van der Waals surface area contributed by atoms with Gasteiger partial charge in [0.1, 0.15) is 6.61 Å². The van der Waals surface area contributed by atoms with E-state index in [0.717, 1.165) is 32.0 Å². The molecule has 1 atom stereocenters. The fraction of sp³-hybridized carbons (Fsp3) is 0.970. The Balaban J connectivity index is 3.30. The summed E-state index contributed by atoms with van der Waals surface area (Å²) in [5, 5.41) is 3.33. The molecule has 0 saturated heterocycles. The minimum absolute atomic E-state index is 0.223. The van der Waals surface area contributed by atoms with Crippen LogP contribution in [0.5, 0.6) is 0 Å². The number of carbonyl (C=O) groups is 1. The largest absolute Gasteiger partial charge is 0.463 e. The molecule has 0 aliphatic heterocycles. The second-order valence-corrected chi connectivity index (χ2v) is 14.2. The SMILES string of the molecule is CCCOCCOCCOCCOCCOCCOCCOCCOCCOCCOC(=O)C(C)CNCCC[Si](C)(OCC)OCC. The van der Waals surface area contributed by atoms with Gasteiger partial charge in [0.25, 0.3) is 0 Å². The van der Waals surface area contributed by atoms with E-state index in [-0.39, 0.29) is 18.5 Å². The van der Waals surface area contributed by atoms with E-state index in [2.05, 4.69) is 18.8 Å². The van der Waals surface area contributed by atoms with E-state index in [4.69, 9.17) is 56.2 Å². The maximum atomic E-state index is 12.2. The van der Waals surface area contributed by atoms with Gasteiger partial charge in [0, 0.05) is 26.4 Å². The van der Waals surface area contributed by atoms with Crippen molar-refractivity contribution in [3.8, 4) is 0 Å². The van der Waals surface area contributed by atoms with E-state index < -0.39 is 8.56 Å². The summed E-state index contributed by atoms with van der Waals surface area (Å²) in [6.45, 7) is 22.3. The summed E-state index contributed by atoms with van der Waals surface area (Å²) < 4.78 is 66.1. The Hall–Kier alpha value is -0.793. The van der Waals surface area contributed by atoms with Crippen LogP contribution in [0.1, 0.15) is 40.5 Å². The molecular weight excluding hydrogens is 646 g/mol. The van der Waals surface area contributed by atoms with Gasteiger partial charge in [-0.1, -0.05) is 13.8 Å². The number of esters is 1. The first-order chi connectivity index (χ1) is 23.5. The standard InChI is InChI=1S/C33H69NO13Si/c1-6-11-36-12-13-37-14-15-38-16-17-39-18-19-40-20-21-41-22-23-42-24-25-43-26-27-44-28-29-45-33(35)32(4)31-34-10-9-30-48(5,46-7-2)47-8-3/h32,34H,6-31H2,1-5H3. The highest BCUT2D eigenvalue weighted by atomic mass is 28.4. The highest BCUT2D eigenvalue weighted by molar-refractivity contribution is 6.66. The van der Waals surface area contributed by atoms with Crippen LogP contribution in [0.2, 0.25) is 12.6 Å². The van der Waals surface area contributed by atoms with Gasteiger partial charge < -0.3 is 61.5 Å². The molecule has 0 amide bonds. The Bertz CT molecular complexity index is 663. The fourth-order valence-corrected chi connectivity index (χ4v) is 6.49. The summed E-state index contributed by atoms with van der Waals surface area (Å²) in [5.41, 5.74) is 0. The van der Waals surface area contributed by atoms with Crippen LogP contribution >= 0.6 is 0 Å². The number of nitrogens with one attached hydrogen (secondary N) is 1. The lowest BCUT2D eigenvalue weighted by molar-refractivity contribution is -0.149. The summed E-state index contributed by atoms with van der Waals surface area (Å²) in [6.07, 6.45) is 1.97. The lowest BCUT2D eigenvalue weighted by atomic mass is 10.2. The van der Waals surface area contributed by atoms with Crippen molar-refractivity contribution in [2.75, 3.05) is 152 Å². The highest BCUT2D eigenvalue weighted by Crippen LogP contribution is 2.15. The third-order valence-electron chi connectivity index (χ3n) is 6.53. The Morgan fingerprint density at radius 1 is 0.542 bits per heavy atom. The molecule has 0 saturated carbocycles. The Morgan fingerprint density at radius 3 is 1.21 bits per heavy atom. The molecule has 0 aromatic carbocycles. The quantitative estimate of drug-likeness (QED) is 0.0565. The number of hydrogen-bond donors (Lipinski definition) is 1. The summed E-state index contributed by atoms with van der Waals surface area (Å²) in [7, 11) is -2.08. The normalized spacial score (nSPS) is 12.5. The van der Waals surface area contributed by atoms with E-state index in [9.17, 15) is 4.79 Å². The molecule has 288 valence electrons. The van der Waals surface area contributed by atoms with Gasteiger partial charge in [0.15, 0.2) is 0 Å². The zero-order chi connectivity index (χ0) is 35.2. The van der Waals surface area contributed by atoms with Crippen LogP contribution in [0.4, 0.5) is 0 Å². The third-order valence-corrected chi connectivity index (χ3v) is 9.59. The topological polar surface area (TPSA) is 140 Å². The molecule has 14 nitrogen and oxygen atoms in total. The van der Waals surface area contributed by atoms with Gasteiger partial charge in [-0.15, -0.1) is 0 Å². The first-order valence-corrected chi connectivity index (χ1v) is 20.4. The van der Waals surface area contributed by atoms with Crippen molar-refractivity contribution in [2.45, 2.75) is 53.1 Å². The summed E-state index contributed by atoms with van der Waals surface area (Å²) in [4.78, 5) is 12.2. The van der Waals surface area contributed by atoms with Gasteiger partial charge in [-0.25, -0.2) is 0 Å². The molecule has 0 aliphatic carbocycles. The minimum atomic E-state index is -2.08. The molecule has 48 heavy (non-hydrogen) atoms. The summed E-state index contributed by atoms with van der Waals surface area (Å²) in [6, 6.07) is 0.921. The van der Waals surface area contributed by atoms with Crippen LogP contribution < -0.4 is 5.32 Å². The lowest BCUT2D eigenvalue weighted by Gasteiger charge is -2.26. The van der Waals surface area contributed by atoms with Gasteiger partial charge in [0.05, 0.1) is 118 Å². The van der Waals surface area contributed by atoms with Gasteiger partial charge in [-0.3, -0.25) is 4.79 Å². The first-order valence-electron chi connectivity index (χ1n) is 17.8. The van der Waals surface area contributed by atoms with Gasteiger partial charge in [-0.05, 0) is 45.8 Å². The van der Waals surface area contributed by atoms with Crippen LogP contribution in [-0.4, -0.2) is 166 Å². The number of rotatable bonds is 40. The monoisotopic (exact) mass is 715 g/mol. The van der Waals surface area contributed by atoms with E-state index in [1.165, 1.54) is 0 Å². The van der Waals surface area contributed by atoms with Gasteiger partial charge in [0.2, 0.25) is 0 Å². The molecule has 0 radical (unpaired) electrons. The van der Waals surface area contributed by atoms with E-state index in [1.807, 2.05) is 20.8 Å². The molecule has 0 fully saturated rings. The van der Waals surface area contributed by atoms with Crippen molar-refractivity contribution in [1.29, 1.82) is 0 Å². The molecule has 1 unspecified atom stereocenters. The third kappa shape index (κ3) is 33.7. The maximum absolute atomic E-state index is 12.2. The van der Waals surface area contributed by atoms with Crippen molar-refractivity contribution < 1.29 is 61.0 Å². The molecule has 0 aliphatic rings.